The van der Waals surface area contributed by atoms with E-state index in [0.717, 1.165) is 11.4 Å². The van der Waals surface area contributed by atoms with Crippen LogP contribution in [0.1, 0.15) is 6.92 Å². The van der Waals surface area contributed by atoms with Crippen LogP contribution < -0.4 is 15.4 Å². The fourth-order valence-electron chi connectivity index (χ4n) is 1.87. The molecular weight excluding hydrogens is 323 g/mol. The van der Waals surface area contributed by atoms with Gasteiger partial charge in [0.2, 0.25) is 5.91 Å². The molecule has 0 radical (unpaired) electrons. The molecule has 6 heteroatoms. The number of hydrogen-bond acceptors (Lipinski definition) is 3. The average molecular weight is 339 g/mol. The van der Waals surface area contributed by atoms with E-state index in [0.29, 0.717) is 15.7 Å². The number of methoxy groups -OCH3 is 1. The van der Waals surface area contributed by atoms with Crippen LogP contribution in [0.15, 0.2) is 42.5 Å². The van der Waals surface area contributed by atoms with Crippen molar-refractivity contribution in [1.29, 1.82) is 0 Å². The zero-order valence-corrected chi connectivity index (χ0v) is 13.7. The normalized spacial score (nSPS) is 11.6. The first kappa shape index (κ1) is 16.5. The first-order valence-electron chi connectivity index (χ1n) is 6.66. The Morgan fingerprint density at radius 2 is 1.91 bits per heavy atom. The number of hydrogen-bond donors (Lipinski definition) is 2. The van der Waals surface area contributed by atoms with Crippen LogP contribution in [0.3, 0.4) is 0 Å². The molecule has 2 aromatic carbocycles. The van der Waals surface area contributed by atoms with Gasteiger partial charge in [-0.2, -0.15) is 0 Å². The molecule has 0 aliphatic carbocycles. The fourth-order valence-corrected chi connectivity index (χ4v) is 2.22. The predicted octanol–water partition coefficient (Wildman–Crippen LogP) is 4.44. The third-order valence-electron chi connectivity index (χ3n) is 3.06. The second-order valence-electron chi connectivity index (χ2n) is 4.69. The smallest absolute Gasteiger partial charge is 0.246 e. The van der Waals surface area contributed by atoms with E-state index in [2.05, 4.69) is 10.6 Å². The maximum absolute atomic E-state index is 12.2. The summed E-state index contributed by atoms with van der Waals surface area (Å²) < 4.78 is 5.15. The van der Waals surface area contributed by atoms with Gasteiger partial charge in [-0.05, 0) is 31.2 Å². The van der Waals surface area contributed by atoms with Gasteiger partial charge in [0, 0.05) is 11.8 Å². The van der Waals surface area contributed by atoms with Crippen LogP contribution in [-0.2, 0) is 4.79 Å². The van der Waals surface area contributed by atoms with Crippen LogP contribution in [0.5, 0.6) is 5.75 Å². The van der Waals surface area contributed by atoms with Crippen molar-refractivity contribution in [3.63, 3.8) is 0 Å². The number of halogens is 2. The Morgan fingerprint density at radius 3 is 2.64 bits per heavy atom. The molecule has 0 aliphatic heterocycles. The predicted molar refractivity (Wildman–Crippen MR) is 91.2 cm³/mol. The Labute approximate surface area is 139 Å². The Balaban J connectivity index is 2.04. The number of carbonyl (C=O) groups is 1. The molecular formula is C16H16Cl2N2O2. The number of ether oxygens (including phenoxy) is 1. The second kappa shape index (κ2) is 7.38. The number of nitrogens with one attached hydrogen (secondary N) is 2. The highest BCUT2D eigenvalue weighted by atomic mass is 35.5. The van der Waals surface area contributed by atoms with Crippen molar-refractivity contribution in [2.24, 2.45) is 0 Å². The third kappa shape index (κ3) is 4.06. The molecule has 0 aliphatic rings. The molecule has 116 valence electrons. The van der Waals surface area contributed by atoms with Crippen LogP contribution in [0.4, 0.5) is 11.4 Å². The zero-order valence-electron chi connectivity index (χ0n) is 12.2. The Kier molecular flexibility index (Phi) is 5.52. The summed E-state index contributed by atoms with van der Waals surface area (Å²) in [5.74, 6) is 0.502. The van der Waals surface area contributed by atoms with E-state index in [1.54, 1.807) is 32.2 Å². The summed E-state index contributed by atoms with van der Waals surface area (Å²) in [6.45, 7) is 1.76. The van der Waals surface area contributed by atoms with E-state index in [-0.39, 0.29) is 5.91 Å². The zero-order chi connectivity index (χ0) is 16.1. The van der Waals surface area contributed by atoms with E-state index >= 15 is 0 Å². The van der Waals surface area contributed by atoms with Gasteiger partial charge in [-0.25, -0.2) is 0 Å². The lowest BCUT2D eigenvalue weighted by atomic mass is 10.2. The van der Waals surface area contributed by atoms with Gasteiger partial charge in [-0.3, -0.25) is 4.79 Å². The van der Waals surface area contributed by atoms with Crippen molar-refractivity contribution in [2.45, 2.75) is 13.0 Å². The first-order valence-corrected chi connectivity index (χ1v) is 7.42. The summed E-state index contributed by atoms with van der Waals surface area (Å²) in [6, 6.07) is 12.0. The maximum Gasteiger partial charge on any atom is 0.246 e. The van der Waals surface area contributed by atoms with E-state index in [1.807, 2.05) is 24.3 Å². The largest absolute Gasteiger partial charge is 0.497 e. The fraction of sp³-hybridized carbons (Fsp3) is 0.188. The van der Waals surface area contributed by atoms with Crippen LogP contribution in [0.25, 0.3) is 0 Å². The molecule has 0 spiro atoms. The molecule has 2 rings (SSSR count). The Bertz CT molecular complexity index is 677. The van der Waals surface area contributed by atoms with Crippen LogP contribution >= 0.6 is 23.2 Å². The van der Waals surface area contributed by atoms with Crippen LogP contribution in [0, 0.1) is 0 Å². The minimum absolute atomic E-state index is 0.216. The second-order valence-corrected chi connectivity index (χ2v) is 5.47. The van der Waals surface area contributed by atoms with Gasteiger partial charge in [-0.15, -0.1) is 0 Å². The van der Waals surface area contributed by atoms with Gasteiger partial charge in [0.25, 0.3) is 0 Å². The highest BCUT2D eigenvalue weighted by Crippen LogP contribution is 2.29. The molecule has 2 aromatic rings. The molecule has 22 heavy (non-hydrogen) atoms. The quantitative estimate of drug-likeness (QED) is 0.847. The number of amides is 1. The van der Waals surface area contributed by atoms with Crippen molar-refractivity contribution < 1.29 is 9.53 Å². The van der Waals surface area contributed by atoms with Gasteiger partial charge < -0.3 is 15.4 Å². The van der Waals surface area contributed by atoms with E-state index < -0.39 is 6.04 Å². The molecule has 0 bridgehead atoms. The summed E-state index contributed by atoms with van der Waals surface area (Å²) in [4.78, 5) is 12.2. The summed E-state index contributed by atoms with van der Waals surface area (Å²) in [7, 11) is 1.59. The molecule has 1 amide bonds. The molecule has 0 aromatic heterocycles. The van der Waals surface area contributed by atoms with Crippen LogP contribution in [-0.4, -0.2) is 19.1 Å². The molecule has 4 nitrogen and oxygen atoms in total. The van der Waals surface area contributed by atoms with Gasteiger partial charge in [0.05, 0.1) is 22.8 Å². The van der Waals surface area contributed by atoms with Crippen molar-refractivity contribution in [3.8, 4) is 5.75 Å². The standard InChI is InChI=1S/C16H16Cl2N2O2/c1-10(19-11-5-3-6-12(9-11)22-2)16(21)20-14-8-4-7-13(17)15(14)18/h3-10,19H,1-2H3,(H,20,21). The molecule has 1 unspecified atom stereocenters. The van der Waals surface area contributed by atoms with Gasteiger partial charge >= 0.3 is 0 Å². The Hall–Kier alpha value is -1.91. The van der Waals surface area contributed by atoms with Crippen molar-refractivity contribution in [1.82, 2.24) is 0 Å². The minimum atomic E-state index is -0.456. The monoisotopic (exact) mass is 338 g/mol. The topological polar surface area (TPSA) is 50.4 Å². The lowest BCUT2D eigenvalue weighted by molar-refractivity contribution is -0.116. The SMILES string of the molecule is COc1cccc(NC(C)C(=O)Nc2cccc(Cl)c2Cl)c1. The van der Waals surface area contributed by atoms with Gasteiger partial charge in [0.1, 0.15) is 11.8 Å². The lowest BCUT2D eigenvalue weighted by Gasteiger charge is -2.16. The van der Waals surface area contributed by atoms with Gasteiger partial charge in [0.15, 0.2) is 0 Å². The van der Waals surface area contributed by atoms with Crippen molar-refractivity contribution in [2.75, 3.05) is 17.7 Å². The number of benzene rings is 2. The lowest BCUT2D eigenvalue weighted by Crippen LogP contribution is -2.31. The number of rotatable bonds is 5. The Morgan fingerprint density at radius 1 is 1.18 bits per heavy atom. The summed E-state index contributed by atoms with van der Waals surface area (Å²) in [6.07, 6.45) is 0. The van der Waals surface area contributed by atoms with E-state index in [4.69, 9.17) is 27.9 Å². The summed E-state index contributed by atoms with van der Waals surface area (Å²) >= 11 is 12.0. The van der Waals surface area contributed by atoms with Crippen molar-refractivity contribution in [3.05, 3.63) is 52.5 Å². The minimum Gasteiger partial charge on any atom is -0.497 e. The average Bonchev–Trinajstić information content (AvgIpc) is 2.52. The van der Waals surface area contributed by atoms with E-state index in [9.17, 15) is 4.79 Å². The van der Waals surface area contributed by atoms with Crippen molar-refractivity contribution >= 4 is 40.5 Å². The molecule has 2 N–H and O–H groups in total. The van der Waals surface area contributed by atoms with E-state index in [1.165, 1.54) is 0 Å². The molecule has 0 saturated carbocycles. The number of carbonyl (C=O) groups excluding carboxylic acids is 1. The molecule has 0 fully saturated rings. The highest BCUT2D eigenvalue weighted by molar-refractivity contribution is 6.44. The highest BCUT2D eigenvalue weighted by Gasteiger charge is 2.15. The first-order chi connectivity index (χ1) is 10.5. The maximum atomic E-state index is 12.2. The molecule has 0 saturated heterocycles. The van der Waals surface area contributed by atoms with Crippen LogP contribution in [0.2, 0.25) is 10.0 Å². The third-order valence-corrected chi connectivity index (χ3v) is 3.87. The molecule has 1 atom stereocenters. The number of anilines is 2. The molecule has 0 heterocycles. The van der Waals surface area contributed by atoms with Gasteiger partial charge in [-0.1, -0.05) is 35.3 Å². The summed E-state index contributed by atoms with van der Waals surface area (Å²) in [5.41, 5.74) is 1.28. The summed E-state index contributed by atoms with van der Waals surface area (Å²) in [5, 5.41) is 6.57.